The fraction of sp³-hybridized carbons (Fsp3) is 0.211. The number of phenolic OH excluding ortho intramolecular Hbond substituents is 1. The van der Waals surface area contributed by atoms with Crippen LogP contribution >= 0.6 is 15.9 Å². The largest absolute Gasteiger partial charge is 0.508 e. The molecule has 27 heavy (non-hydrogen) atoms. The van der Waals surface area contributed by atoms with E-state index in [4.69, 9.17) is 0 Å². The molecule has 3 N–H and O–H groups in total. The fourth-order valence-electron chi connectivity index (χ4n) is 3.94. The van der Waals surface area contributed by atoms with Crippen LogP contribution in [0.1, 0.15) is 11.6 Å². The highest BCUT2D eigenvalue weighted by atomic mass is 79.9. The second kappa shape index (κ2) is 6.47. The van der Waals surface area contributed by atoms with E-state index in [1.807, 2.05) is 0 Å². The van der Waals surface area contributed by atoms with Crippen molar-refractivity contribution in [1.29, 1.82) is 0 Å². The smallest absolute Gasteiger partial charge is 0.321 e. The molecule has 138 valence electrons. The number of imide groups is 1. The van der Waals surface area contributed by atoms with Crippen LogP contribution < -0.4 is 10.2 Å². The van der Waals surface area contributed by atoms with E-state index in [2.05, 4.69) is 21.2 Å². The Morgan fingerprint density at radius 3 is 2.41 bits per heavy atom. The van der Waals surface area contributed by atoms with Gasteiger partial charge in [0.2, 0.25) is 11.8 Å². The maximum Gasteiger partial charge on any atom is 0.321 e. The van der Waals surface area contributed by atoms with Crippen molar-refractivity contribution in [3.8, 4) is 5.75 Å². The van der Waals surface area contributed by atoms with Crippen molar-refractivity contribution in [1.82, 2.24) is 5.32 Å². The van der Waals surface area contributed by atoms with Crippen LogP contribution in [-0.2, 0) is 14.4 Å². The molecular formula is C19H15BrN2O5. The number of carboxylic acids is 1. The number of carbonyl (C=O) groups excluding carboxylic acids is 2. The zero-order valence-electron chi connectivity index (χ0n) is 13.9. The number of nitrogens with one attached hydrogen (secondary N) is 1. The minimum Gasteiger partial charge on any atom is -0.508 e. The first-order chi connectivity index (χ1) is 12.9. The molecule has 0 spiro atoms. The van der Waals surface area contributed by atoms with Crippen molar-refractivity contribution in [2.24, 2.45) is 11.8 Å². The number of anilines is 1. The van der Waals surface area contributed by atoms with E-state index in [1.54, 1.807) is 42.5 Å². The first-order valence-electron chi connectivity index (χ1n) is 8.30. The molecule has 4 atom stereocenters. The molecule has 0 saturated carbocycles. The highest BCUT2D eigenvalue weighted by Gasteiger charge is 2.61. The Labute approximate surface area is 162 Å². The molecule has 2 amide bonds. The number of carbonyl (C=O) groups is 3. The Hall–Kier alpha value is -2.71. The molecule has 0 bridgehead atoms. The van der Waals surface area contributed by atoms with Gasteiger partial charge in [-0.3, -0.25) is 19.7 Å². The maximum atomic E-state index is 13.1. The lowest BCUT2D eigenvalue weighted by atomic mass is 9.86. The minimum absolute atomic E-state index is 0.0547. The summed E-state index contributed by atoms with van der Waals surface area (Å²) in [5.74, 6) is -4.25. The average Bonchev–Trinajstić information content (AvgIpc) is 3.13. The Bertz CT molecular complexity index is 963. The summed E-state index contributed by atoms with van der Waals surface area (Å²) in [4.78, 5) is 38.9. The van der Waals surface area contributed by atoms with Crippen LogP contribution in [0.5, 0.6) is 5.75 Å². The summed E-state index contributed by atoms with van der Waals surface area (Å²) in [6.45, 7) is 0. The van der Waals surface area contributed by atoms with E-state index in [0.717, 1.165) is 4.90 Å². The first-order valence-corrected chi connectivity index (χ1v) is 9.09. The second-order valence-electron chi connectivity index (χ2n) is 6.56. The van der Waals surface area contributed by atoms with E-state index in [1.165, 1.54) is 6.07 Å². The van der Waals surface area contributed by atoms with Crippen LogP contribution in [0.2, 0.25) is 0 Å². The summed E-state index contributed by atoms with van der Waals surface area (Å²) in [6, 6.07) is 11.1. The standard InChI is InChI=1S/C19H15BrN2O5/c20-9-4-3-5-10(8-9)22-17(24)13-14(18(22)25)16(19(26)27)21-15(13)11-6-1-2-7-12(11)23/h1-8,13-16,21,23H,(H,26,27)/t13-,14-,15-,16-/m1/s1. The quantitative estimate of drug-likeness (QED) is 0.643. The van der Waals surface area contributed by atoms with Crippen molar-refractivity contribution < 1.29 is 24.6 Å². The van der Waals surface area contributed by atoms with Gasteiger partial charge in [-0.25, -0.2) is 4.90 Å². The van der Waals surface area contributed by atoms with Crippen molar-refractivity contribution in [3.05, 3.63) is 58.6 Å². The Morgan fingerprint density at radius 2 is 1.74 bits per heavy atom. The summed E-state index contributed by atoms with van der Waals surface area (Å²) < 4.78 is 0.697. The molecule has 2 heterocycles. The fourth-order valence-corrected chi connectivity index (χ4v) is 4.33. The van der Waals surface area contributed by atoms with Crippen molar-refractivity contribution >= 4 is 39.4 Å². The summed E-state index contributed by atoms with van der Waals surface area (Å²) >= 11 is 3.31. The van der Waals surface area contributed by atoms with Gasteiger partial charge in [0.25, 0.3) is 0 Å². The van der Waals surface area contributed by atoms with Crippen LogP contribution in [0.4, 0.5) is 5.69 Å². The normalized spacial score (nSPS) is 27.1. The zero-order valence-corrected chi connectivity index (χ0v) is 15.5. The molecule has 0 aliphatic carbocycles. The Balaban J connectivity index is 1.80. The van der Waals surface area contributed by atoms with Crippen molar-refractivity contribution in [2.75, 3.05) is 4.90 Å². The van der Waals surface area contributed by atoms with Gasteiger partial charge < -0.3 is 10.2 Å². The predicted molar refractivity (Wildman–Crippen MR) is 99.0 cm³/mol. The van der Waals surface area contributed by atoms with Crippen LogP contribution in [0, 0.1) is 11.8 Å². The summed E-state index contributed by atoms with van der Waals surface area (Å²) in [5.41, 5.74) is 0.780. The van der Waals surface area contributed by atoms with Crippen LogP contribution in [-0.4, -0.2) is 34.0 Å². The van der Waals surface area contributed by atoms with Crippen molar-refractivity contribution in [2.45, 2.75) is 12.1 Å². The molecule has 0 aromatic heterocycles. The molecule has 0 radical (unpaired) electrons. The SMILES string of the molecule is O=C(O)[C@@H]1N[C@H](c2ccccc2O)[C@@H]2C(=O)N(c3cccc(Br)c3)C(=O)[C@H]21. The van der Waals surface area contributed by atoms with Gasteiger partial charge in [0.05, 0.1) is 17.5 Å². The number of para-hydroxylation sites is 1. The van der Waals surface area contributed by atoms with Gasteiger partial charge in [-0.1, -0.05) is 40.2 Å². The molecule has 0 unspecified atom stereocenters. The number of hydrogen-bond acceptors (Lipinski definition) is 5. The first kappa shape index (κ1) is 17.7. The molecule has 8 heteroatoms. The maximum absolute atomic E-state index is 13.1. The van der Waals surface area contributed by atoms with E-state index < -0.39 is 41.7 Å². The summed E-state index contributed by atoms with van der Waals surface area (Å²) in [7, 11) is 0. The lowest BCUT2D eigenvalue weighted by molar-refractivity contribution is -0.142. The highest BCUT2D eigenvalue weighted by Crippen LogP contribution is 2.47. The summed E-state index contributed by atoms with van der Waals surface area (Å²) in [5, 5.41) is 22.6. The molecule has 2 aliphatic heterocycles. The lowest BCUT2D eigenvalue weighted by Gasteiger charge is -2.22. The third-order valence-corrected chi connectivity index (χ3v) is 5.57. The number of aliphatic carboxylic acids is 1. The Kier molecular flexibility index (Phi) is 4.24. The third-order valence-electron chi connectivity index (χ3n) is 5.08. The molecule has 4 rings (SSSR count). The van der Waals surface area contributed by atoms with Crippen molar-refractivity contribution in [3.63, 3.8) is 0 Å². The van der Waals surface area contributed by atoms with Crippen LogP contribution in [0.25, 0.3) is 0 Å². The molecule has 2 fully saturated rings. The van der Waals surface area contributed by atoms with Crippen LogP contribution in [0.3, 0.4) is 0 Å². The molecule has 2 aromatic rings. The van der Waals surface area contributed by atoms with Gasteiger partial charge in [-0.2, -0.15) is 0 Å². The van der Waals surface area contributed by atoms with E-state index in [9.17, 15) is 24.6 Å². The number of fused-ring (bicyclic) bond motifs is 1. The van der Waals surface area contributed by atoms with Gasteiger partial charge >= 0.3 is 5.97 Å². The monoisotopic (exact) mass is 430 g/mol. The molecule has 2 saturated heterocycles. The second-order valence-corrected chi connectivity index (χ2v) is 7.48. The van der Waals surface area contributed by atoms with Gasteiger partial charge in [0, 0.05) is 16.1 Å². The predicted octanol–water partition coefficient (Wildman–Crippen LogP) is 2.06. The minimum atomic E-state index is -1.21. The van der Waals surface area contributed by atoms with Gasteiger partial charge in [0.15, 0.2) is 0 Å². The molecule has 7 nitrogen and oxygen atoms in total. The Morgan fingerprint density at radius 1 is 1.04 bits per heavy atom. The van der Waals surface area contributed by atoms with Gasteiger partial charge in [-0.15, -0.1) is 0 Å². The number of hydrogen-bond donors (Lipinski definition) is 3. The highest BCUT2D eigenvalue weighted by molar-refractivity contribution is 9.10. The number of amides is 2. The molecule has 2 aliphatic rings. The average molecular weight is 431 g/mol. The van der Waals surface area contributed by atoms with E-state index in [-0.39, 0.29) is 5.75 Å². The number of phenols is 1. The number of aromatic hydroxyl groups is 1. The molecular weight excluding hydrogens is 416 g/mol. The number of benzene rings is 2. The summed E-state index contributed by atoms with van der Waals surface area (Å²) in [6.07, 6.45) is 0. The number of nitrogens with zero attached hydrogens (tertiary/aromatic N) is 1. The number of rotatable bonds is 3. The lowest BCUT2D eigenvalue weighted by Crippen LogP contribution is -2.43. The topological polar surface area (TPSA) is 107 Å². The molecule has 2 aromatic carbocycles. The van der Waals surface area contributed by atoms with E-state index in [0.29, 0.717) is 15.7 Å². The zero-order chi connectivity index (χ0) is 19.3. The number of halogens is 1. The van der Waals surface area contributed by atoms with Crippen LogP contribution in [0.15, 0.2) is 53.0 Å². The van der Waals surface area contributed by atoms with Gasteiger partial charge in [-0.05, 0) is 24.3 Å². The number of carboxylic acid groups (broad SMARTS) is 1. The third kappa shape index (κ3) is 2.72. The van der Waals surface area contributed by atoms with Gasteiger partial charge in [0.1, 0.15) is 11.8 Å². The van der Waals surface area contributed by atoms with E-state index >= 15 is 0 Å².